The average Bonchev–Trinajstić information content (AvgIpc) is 2.74. The van der Waals surface area contributed by atoms with Crippen molar-refractivity contribution in [3.63, 3.8) is 0 Å². The van der Waals surface area contributed by atoms with E-state index in [2.05, 4.69) is 4.72 Å². The molecule has 0 radical (unpaired) electrons. The van der Waals surface area contributed by atoms with Gasteiger partial charge in [0.15, 0.2) is 0 Å². The largest absolute Gasteiger partial charge is 0.386 e. The van der Waals surface area contributed by atoms with E-state index in [0.717, 1.165) is 12.1 Å². The highest BCUT2D eigenvalue weighted by Gasteiger charge is 2.33. The number of aliphatic hydroxyl groups is 1. The van der Waals surface area contributed by atoms with Gasteiger partial charge in [-0.15, -0.1) is 0 Å². The Balaban J connectivity index is 2.14. The molecule has 19 heavy (non-hydrogen) atoms. The minimum Gasteiger partial charge on any atom is -0.386 e. The molecule has 5 nitrogen and oxygen atoms in total. The first kappa shape index (κ1) is 14.4. The number of ether oxygens (including phenoxy) is 1. The molecule has 1 aromatic rings. The Morgan fingerprint density at radius 2 is 2.26 bits per heavy atom. The minimum absolute atomic E-state index is 0.0106. The number of rotatable bonds is 4. The third-order valence-electron chi connectivity index (χ3n) is 3.10. The van der Waals surface area contributed by atoms with Gasteiger partial charge in [0.25, 0.3) is 0 Å². The summed E-state index contributed by atoms with van der Waals surface area (Å²) in [5.74, 6) is -0.487. The van der Waals surface area contributed by atoms with Crippen LogP contribution in [0.5, 0.6) is 0 Å². The molecule has 1 aromatic carbocycles. The number of benzene rings is 1. The second-order valence-corrected chi connectivity index (χ2v) is 6.50. The maximum absolute atomic E-state index is 13.0. The maximum atomic E-state index is 13.0. The van der Waals surface area contributed by atoms with Gasteiger partial charge in [-0.3, -0.25) is 0 Å². The smallest absolute Gasteiger partial charge is 0.240 e. The van der Waals surface area contributed by atoms with Gasteiger partial charge in [-0.25, -0.2) is 17.5 Å². The Kier molecular flexibility index (Phi) is 3.91. The van der Waals surface area contributed by atoms with Crippen LogP contribution in [0.2, 0.25) is 0 Å². The zero-order chi connectivity index (χ0) is 14.1. The van der Waals surface area contributed by atoms with E-state index in [0.29, 0.717) is 18.6 Å². The van der Waals surface area contributed by atoms with Crippen molar-refractivity contribution in [3.8, 4) is 0 Å². The summed E-state index contributed by atoms with van der Waals surface area (Å²) in [6.45, 7) is 1.92. The first-order valence-corrected chi connectivity index (χ1v) is 7.37. The lowest BCUT2D eigenvalue weighted by atomic mass is 10.1. The highest BCUT2D eigenvalue weighted by atomic mass is 32.2. The number of sulfonamides is 1. The molecule has 0 saturated carbocycles. The molecule has 1 unspecified atom stereocenters. The van der Waals surface area contributed by atoms with Gasteiger partial charge in [0, 0.05) is 19.6 Å². The van der Waals surface area contributed by atoms with Crippen molar-refractivity contribution in [1.29, 1.82) is 0 Å². The van der Waals surface area contributed by atoms with Crippen LogP contribution in [0.1, 0.15) is 12.0 Å². The monoisotopic (exact) mass is 289 g/mol. The van der Waals surface area contributed by atoms with Crippen molar-refractivity contribution in [2.75, 3.05) is 19.8 Å². The molecular formula is C12H16FNO4S. The predicted molar refractivity (Wildman–Crippen MR) is 66.7 cm³/mol. The molecule has 0 bridgehead atoms. The molecular weight excluding hydrogens is 273 g/mol. The standard InChI is InChI=1S/C12H16FNO4S/c1-9-6-10(13)2-3-11(9)19(16,17)14-7-12(15)4-5-18-8-12/h2-3,6,14-15H,4-5,7-8H2,1H3. The van der Waals surface area contributed by atoms with Gasteiger partial charge in [-0.2, -0.15) is 0 Å². The Bertz CT molecular complexity index is 567. The molecule has 1 atom stereocenters. The van der Waals surface area contributed by atoms with Crippen LogP contribution in [0.15, 0.2) is 23.1 Å². The number of aryl methyl sites for hydroxylation is 1. The summed E-state index contributed by atoms with van der Waals surface area (Å²) >= 11 is 0. The SMILES string of the molecule is Cc1cc(F)ccc1S(=O)(=O)NCC1(O)CCOC1. The molecule has 1 saturated heterocycles. The number of halogens is 1. The number of hydrogen-bond acceptors (Lipinski definition) is 4. The van der Waals surface area contributed by atoms with Crippen molar-refractivity contribution in [1.82, 2.24) is 4.72 Å². The number of nitrogens with one attached hydrogen (secondary N) is 1. The minimum atomic E-state index is -3.77. The highest BCUT2D eigenvalue weighted by Crippen LogP contribution is 2.20. The van der Waals surface area contributed by atoms with Gasteiger partial charge in [0.05, 0.1) is 11.5 Å². The van der Waals surface area contributed by atoms with Gasteiger partial charge < -0.3 is 9.84 Å². The number of hydrogen-bond donors (Lipinski definition) is 2. The second kappa shape index (κ2) is 5.16. The molecule has 0 amide bonds. The summed E-state index contributed by atoms with van der Waals surface area (Å²) in [5.41, 5.74) is -0.844. The van der Waals surface area contributed by atoms with Gasteiger partial charge >= 0.3 is 0 Å². The van der Waals surface area contributed by atoms with Crippen LogP contribution in [0.3, 0.4) is 0 Å². The summed E-state index contributed by atoms with van der Waals surface area (Å²) in [7, 11) is -3.77. The molecule has 1 aliphatic heterocycles. The summed E-state index contributed by atoms with van der Waals surface area (Å²) in [5, 5.41) is 10.0. The Labute approximate surface area is 111 Å². The van der Waals surface area contributed by atoms with Crippen LogP contribution in [-0.4, -0.2) is 38.9 Å². The van der Waals surface area contributed by atoms with Crippen molar-refractivity contribution < 1.29 is 22.7 Å². The molecule has 1 heterocycles. The van der Waals surface area contributed by atoms with E-state index in [1.165, 1.54) is 13.0 Å². The topological polar surface area (TPSA) is 75.6 Å². The fraction of sp³-hybridized carbons (Fsp3) is 0.500. The van der Waals surface area contributed by atoms with Gasteiger partial charge in [-0.05, 0) is 30.7 Å². The highest BCUT2D eigenvalue weighted by molar-refractivity contribution is 7.89. The Hall–Kier alpha value is -1.02. The van der Waals surface area contributed by atoms with E-state index < -0.39 is 21.4 Å². The summed E-state index contributed by atoms with van der Waals surface area (Å²) in [6.07, 6.45) is 0.387. The summed E-state index contributed by atoms with van der Waals surface area (Å²) in [4.78, 5) is 0.0106. The lowest BCUT2D eigenvalue weighted by molar-refractivity contribution is 0.0314. The van der Waals surface area contributed by atoms with E-state index in [1.807, 2.05) is 0 Å². The molecule has 2 rings (SSSR count). The molecule has 1 aliphatic rings. The van der Waals surface area contributed by atoms with E-state index in [-0.39, 0.29) is 18.0 Å². The molecule has 106 valence electrons. The van der Waals surface area contributed by atoms with Crippen LogP contribution in [0.4, 0.5) is 4.39 Å². The van der Waals surface area contributed by atoms with Crippen molar-refractivity contribution in [2.24, 2.45) is 0 Å². The van der Waals surface area contributed by atoms with Gasteiger partial charge in [0.1, 0.15) is 11.4 Å². The summed E-state index contributed by atoms with van der Waals surface area (Å²) in [6, 6.07) is 3.46. The van der Waals surface area contributed by atoms with E-state index in [9.17, 15) is 17.9 Å². The maximum Gasteiger partial charge on any atom is 0.240 e. The van der Waals surface area contributed by atoms with Gasteiger partial charge in [-0.1, -0.05) is 0 Å². The predicted octanol–water partition coefficient (Wildman–Crippen LogP) is 0.564. The van der Waals surface area contributed by atoms with E-state index >= 15 is 0 Å². The molecule has 0 aliphatic carbocycles. The third kappa shape index (κ3) is 3.30. The Morgan fingerprint density at radius 3 is 2.84 bits per heavy atom. The molecule has 2 N–H and O–H groups in total. The van der Waals surface area contributed by atoms with Crippen LogP contribution in [0.25, 0.3) is 0 Å². The van der Waals surface area contributed by atoms with Crippen molar-refractivity contribution in [2.45, 2.75) is 23.8 Å². The molecule has 0 aromatic heterocycles. The molecule has 1 fully saturated rings. The van der Waals surface area contributed by atoms with Gasteiger partial charge in [0.2, 0.25) is 10.0 Å². The molecule has 7 heteroatoms. The first-order chi connectivity index (χ1) is 8.82. The second-order valence-electron chi connectivity index (χ2n) is 4.76. The zero-order valence-corrected chi connectivity index (χ0v) is 11.3. The normalized spacial score (nSPS) is 23.7. The lowest BCUT2D eigenvalue weighted by Gasteiger charge is -2.21. The van der Waals surface area contributed by atoms with Crippen molar-refractivity contribution in [3.05, 3.63) is 29.6 Å². The first-order valence-electron chi connectivity index (χ1n) is 5.88. The van der Waals surface area contributed by atoms with Crippen molar-refractivity contribution >= 4 is 10.0 Å². The fourth-order valence-electron chi connectivity index (χ4n) is 1.96. The third-order valence-corrected chi connectivity index (χ3v) is 4.66. The lowest BCUT2D eigenvalue weighted by Crippen LogP contribution is -2.43. The van der Waals surface area contributed by atoms with E-state index in [1.54, 1.807) is 0 Å². The van der Waals surface area contributed by atoms with Crippen LogP contribution < -0.4 is 4.72 Å². The quantitative estimate of drug-likeness (QED) is 0.849. The van der Waals surface area contributed by atoms with Crippen LogP contribution in [-0.2, 0) is 14.8 Å². The zero-order valence-electron chi connectivity index (χ0n) is 10.5. The fourth-order valence-corrected chi connectivity index (χ4v) is 3.30. The Morgan fingerprint density at radius 1 is 1.53 bits per heavy atom. The average molecular weight is 289 g/mol. The van der Waals surface area contributed by atoms with Crippen LogP contribution in [0, 0.1) is 12.7 Å². The van der Waals surface area contributed by atoms with Crippen LogP contribution >= 0.6 is 0 Å². The summed E-state index contributed by atoms with van der Waals surface area (Å²) < 4.78 is 44.5. The van der Waals surface area contributed by atoms with E-state index in [4.69, 9.17) is 4.74 Å². The molecule has 0 spiro atoms.